The summed E-state index contributed by atoms with van der Waals surface area (Å²) in [4.78, 5) is 4.40. The number of rotatable bonds is 4. The van der Waals surface area contributed by atoms with Crippen LogP contribution >= 0.6 is 23.4 Å². The monoisotopic (exact) mass is 215 g/mol. The van der Waals surface area contributed by atoms with Crippen LogP contribution in [0.1, 0.15) is 12.6 Å². The van der Waals surface area contributed by atoms with E-state index >= 15 is 0 Å². The predicted octanol–water partition coefficient (Wildman–Crippen LogP) is 3.36. The van der Waals surface area contributed by atoms with Gasteiger partial charge >= 0.3 is 0 Å². The largest absolute Gasteiger partial charge is 0.247 e. The molecule has 0 aliphatic carbocycles. The fraction of sp³-hybridized carbons (Fsp3) is 0.500. The van der Waals surface area contributed by atoms with Gasteiger partial charge in [-0.2, -0.15) is 0 Å². The SMILES string of the molecule is Cc1cccc(SCC(C)CCl)n1. The van der Waals surface area contributed by atoms with Crippen molar-refractivity contribution in [1.82, 2.24) is 4.98 Å². The molecule has 0 aliphatic rings. The average Bonchev–Trinajstić information content (AvgIpc) is 2.14. The van der Waals surface area contributed by atoms with Gasteiger partial charge < -0.3 is 0 Å². The molecule has 1 unspecified atom stereocenters. The minimum Gasteiger partial charge on any atom is -0.247 e. The number of aryl methyl sites for hydroxylation is 1. The van der Waals surface area contributed by atoms with Crippen LogP contribution < -0.4 is 0 Å². The van der Waals surface area contributed by atoms with E-state index in [1.165, 1.54) is 0 Å². The third kappa shape index (κ3) is 4.01. The topological polar surface area (TPSA) is 12.9 Å². The van der Waals surface area contributed by atoms with Gasteiger partial charge in [-0.3, -0.25) is 0 Å². The Morgan fingerprint density at radius 1 is 1.54 bits per heavy atom. The first kappa shape index (κ1) is 10.9. The van der Waals surface area contributed by atoms with Crippen molar-refractivity contribution in [2.24, 2.45) is 5.92 Å². The zero-order chi connectivity index (χ0) is 9.68. The van der Waals surface area contributed by atoms with Gasteiger partial charge in [0.15, 0.2) is 0 Å². The van der Waals surface area contributed by atoms with Crippen molar-refractivity contribution in [2.45, 2.75) is 18.9 Å². The molecular weight excluding hydrogens is 202 g/mol. The zero-order valence-electron chi connectivity index (χ0n) is 7.96. The Kier molecular flexibility index (Phi) is 4.60. The number of nitrogens with zero attached hydrogens (tertiary/aromatic N) is 1. The summed E-state index contributed by atoms with van der Waals surface area (Å²) in [6, 6.07) is 6.09. The Labute approximate surface area is 88.9 Å². The summed E-state index contributed by atoms with van der Waals surface area (Å²) in [5.74, 6) is 2.31. The van der Waals surface area contributed by atoms with Crippen LogP contribution in [-0.4, -0.2) is 16.6 Å². The summed E-state index contributed by atoms with van der Waals surface area (Å²) in [7, 11) is 0. The van der Waals surface area contributed by atoms with Gasteiger partial charge in [0.25, 0.3) is 0 Å². The fourth-order valence-corrected chi connectivity index (χ4v) is 2.07. The lowest BCUT2D eigenvalue weighted by Gasteiger charge is -2.05. The number of hydrogen-bond donors (Lipinski definition) is 0. The lowest BCUT2D eigenvalue weighted by atomic mass is 10.3. The molecule has 0 radical (unpaired) electrons. The van der Waals surface area contributed by atoms with Gasteiger partial charge in [0.1, 0.15) is 0 Å². The van der Waals surface area contributed by atoms with Gasteiger partial charge in [-0.05, 0) is 25.0 Å². The minimum absolute atomic E-state index is 0.550. The third-order valence-electron chi connectivity index (χ3n) is 1.64. The molecule has 1 heterocycles. The molecule has 72 valence electrons. The lowest BCUT2D eigenvalue weighted by Crippen LogP contribution is -1.99. The van der Waals surface area contributed by atoms with Crippen LogP contribution in [0.4, 0.5) is 0 Å². The van der Waals surface area contributed by atoms with Crippen LogP contribution in [0.2, 0.25) is 0 Å². The number of thioether (sulfide) groups is 1. The molecule has 0 bridgehead atoms. The van der Waals surface area contributed by atoms with E-state index < -0.39 is 0 Å². The van der Waals surface area contributed by atoms with E-state index in [0.717, 1.165) is 22.4 Å². The maximum absolute atomic E-state index is 5.72. The number of halogens is 1. The van der Waals surface area contributed by atoms with Crippen LogP contribution in [0.5, 0.6) is 0 Å². The van der Waals surface area contributed by atoms with Crippen molar-refractivity contribution in [3.8, 4) is 0 Å². The quantitative estimate of drug-likeness (QED) is 0.565. The first-order valence-corrected chi connectivity index (χ1v) is 5.87. The molecule has 13 heavy (non-hydrogen) atoms. The zero-order valence-corrected chi connectivity index (χ0v) is 9.53. The van der Waals surface area contributed by atoms with E-state index in [2.05, 4.69) is 11.9 Å². The van der Waals surface area contributed by atoms with Gasteiger partial charge in [-0.25, -0.2) is 4.98 Å². The van der Waals surface area contributed by atoms with E-state index in [9.17, 15) is 0 Å². The Morgan fingerprint density at radius 2 is 2.31 bits per heavy atom. The standard InChI is InChI=1S/C10H14ClNS/c1-8(6-11)7-13-10-5-3-4-9(2)12-10/h3-5,8H,6-7H2,1-2H3. The first-order chi connectivity index (χ1) is 6.22. The van der Waals surface area contributed by atoms with Crippen LogP contribution in [0, 0.1) is 12.8 Å². The van der Waals surface area contributed by atoms with Crippen LogP contribution in [0.25, 0.3) is 0 Å². The molecule has 0 saturated heterocycles. The highest BCUT2D eigenvalue weighted by molar-refractivity contribution is 7.99. The Balaban J connectivity index is 2.45. The molecular formula is C10H14ClNS. The molecule has 0 fully saturated rings. The summed E-state index contributed by atoms with van der Waals surface area (Å²) in [5.41, 5.74) is 1.07. The molecule has 0 aliphatic heterocycles. The van der Waals surface area contributed by atoms with E-state index in [4.69, 9.17) is 11.6 Å². The summed E-state index contributed by atoms with van der Waals surface area (Å²) in [6.07, 6.45) is 0. The molecule has 1 rings (SSSR count). The number of pyridine rings is 1. The summed E-state index contributed by atoms with van der Waals surface area (Å²) in [5, 5.41) is 1.09. The summed E-state index contributed by atoms with van der Waals surface area (Å²) >= 11 is 7.49. The van der Waals surface area contributed by atoms with Crippen molar-refractivity contribution in [3.05, 3.63) is 23.9 Å². The van der Waals surface area contributed by atoms with Gasteiger partial charge in [-0.1, -0.05) is 13.0 Å². The van der Waals surface area contributed by atoms with Gasteiger partial charge in [0.05, 0.1) is 5.03 Å². The van der Waals surface area contributed by atoms with Crippen LogP contribution in [-0.2, 0) is 0 Å². The molecule has 0 saturated carbocycles. The number of aromatic nitrogens is 1. The van der Waals surface area contributed by atoms with Gasteiger partial charge in [0.2, 0.25) is 0 Å². The molecule has 0 N–H and O–H groups in total. The Morgan fingerprint density at radius 3 is 2.92 bits per heavy atom. The van der Waals surface area contributed by atoms with Crippen molar-refractivity contribution >= 4 is 23.4 Å². The maximum atomic E-state index is 5.72. The highest BCUT2D eigenvalue weighted by Crippen LogP contribution is 2.18. The van der Waals surface area contributed by atoms with Crippen molar-refractivity contribution in [2.75, 3.05) is 11.6 Å². The molecule has 0 amide bonds. The smallest absolute Gasteiger partial charge is 0.0963 e. The number of alkyl halides is 1. The number of hydrogen-bond acceptors (Lipinski definition) is 2. The predicted molar refractivity (Wildman–Crippen MR) is 59.6 cm³/mol. The second-order valence-corrected chi connectivity index (χ2v) is 4.54. The van der Waals surface area contributed by atoms with E-state index in [-0.39, 0.29) is 0 Å². The maximum Gasteiger partial charge on any atom is 0.0963 e. The third-order valence-corrected chi connectivity index (χ3v) is 3.43. The second-order valence-electron chi connectivity index (χ2n) is 3.19. The van der Waals surface area contributed by atoms with Crippen molar-refractivity contribution < 1.29 is 0 Å². The molecule has 1 atom stereocenters. The van der Waals surface area contributed by atoms with Gasteiger partial charge in [-0.15, -0.1) is 23.4 Å². The minimum atomic E-state index is 0.550. The highest BCUT2D eigenvalue weighted by Gasteiger charge is 2.01. The summed E-state index contributed by atoms with van der Waals surface area (Å²) < 4.78 is 0. The normalized spacial score (nSPS) is 12.8. The molecule has 1 aromatic heterocycles. The van der Waals surface area contributed by atoms with Crippen LogP contribution in [0.3, 0.4) is 0 Å². The van der Waals surface area contributed by atoms with E-state index in [1.807, 2.05) is 25.1 Å². The molecule has 3 heteroatoms. The summed E-state index contributed by atoms with van der Waals surface area (Å²) in [6.45, 7) is 4.16. The molecule has 1 aromatic rings. The Bertz CT molecular complexity index is 265. The average molecular weight is 216 g/mol. The van der Waals surface area contributed by atoms with Gasteiger partial charge in [0, 0.05) is 17.3 Å². The molecule has 0 aromatic carbocycles. The lowest BCUT2D eigenvalue weighted by molar-refractivity contribution is 0.758. The fourth-order valence-electron chi connectivity index (χ4n) is 0.871. The van der Waals surface area contributed by atoms with E-state index in [1.54, 1.807) is 11.8 Å². The van der Waals surface area contributed by atoms with Crippen molar-refractivity contribution in [3.63, 3.8) is 0 Å². The highest BCUT2D eigenvalue weighted by atomic mass is 35.5. The first-order valence-electron chi connectivity index (χ1n) is 4.35. The Hall–Kier alpha value is -0.210. The molecule has 1 nitrogen and oxygen atoms in total. The molecule has 0 spiro atoms. The van der Waals surface area contributed by atoms with E-state index in [0.29, 0.717) is 5.92 Å². The second kappa shape index (κ2) is 5.51. The van der Waals surface area contributed by atoms with Crippen molar-refractivity contribution in [1.29, 1.82) is 0 Å². The van der Waals surface area contributed by atoms with Crippen LogP contribution in [0.15, 0.2) is 23.2 Å².